The zero-order valence-corrected chi connectivity index (χ0v) is 11.1. The maximum atomic E-state index is 11.8. The molecule has 0 fully saturated rings. The highest BCUT2D eigenvalue weighted by Gasteiger charge is 2.37. The molecule has 0 saturated carbocycles. The lowest BCUT2D eigenvalue weighted by Crippen LogP contribution is -2.42. The van der Waals surface area contributed by atoms with Crippen LogP contribution in [0.25, 0.3) is 0 Å². The molecule has 1 unspecified atom stereocenters. The minimum atomic E-state index is -1.28. The van der Waals surface area contributed by atoms with Gasteiger partial charge in [-0.3, -0.25) is 9.59 Å². The van der Waals surface area contributed by atoms with Crippen molar-refractivity contribution in [2.45, 2.75) is 31.7 Å². The molecule has 5 nitrogen and oxygen atoms in total. The second-order valence-corrected chi connectivity index (χ2v) is 4.83. The number of aliphatic hydroxyl groups is 1. The summed E-state index contributed by atoms with van der Waals surface area (Å²) in [6, 6.07) is 8.27. The highest BCUT2D eigenvalue weighted by Crippen LogP contribution is 2.27. The number of carboxylic acid groups (broad SMARTS) is 1. The molecule has 1 amide bonds. The molecule has 104 valence electrons. The SMILES string of the molecule is C[C@H](CO)NC(=O)CC(C)(C(=O)O)c1ccccc1. The second kappa shape index (κ2) is 6.33. The van der Waals surface area contributed by atoms with Crippen molar-refractivity contribution in [2.24, 2.45) is 0 Å². The van der Waals surface area contributed by atoms with Crippen molar-refractivity contribution in [3.63, 3.8) is 0 Å². The summed E-state index contributed by atoms with van der Waals surface area (Å²) in [6.45, 7) is 2.99. The zero-order valence-electron chi connectivity index (χ0n) is 11.1. The Hall–Kier alpha value is -1.88. The number of hydrogen-bond donors (Lipinski definition) is 3. The van der Waals surface area contributed by atoms with Gasteiger partial charge in [0, 0.05) is 12.5 Å². The van der Waals surface area contributed by atoms with E-state index in [0.29, 0.717) is 5.56 Å². The molecule has 0 saturated heterocycles. The zero-order chi connectivity index (χ0) is 14.5. The quantitative estimate of drug-likeness (QED) is 0.713. The fraction of sp³-hybridized carbons (Fsp3) is 0.429. The van der Waals surface area contributed by atoms with Gasteiger partial charge in [-0.05, 0) is 19.4 Å². The van der Waals surface area contributed by atoms with Crippen LogP contribution >= 0.6 is 0 Å². The summed E-state index contributed by atoms with van der Waals surface area (Å²) in [5.41, 5.74) is -0.699. The Balaban J connectivity index is 2.90. The monoisotopic (exact) mass is 265 g/mol. The Labute approximate surface area is 112 Å². The molecule has 0 radical (unpaired) electrons. The van der Waals surface area contributed by atoms with Crippen LogP contribution in [0.1, 0.15) is 25.8 Å². The number of benzene rings is 1. The number of aliphatic hydroxyl groups excluding tert-OH is 1. The van der Waals surface area contributed by atoms with E-state index in [1.807, 2.05) is 0 Å². The highest BCUT2D eigenvalue weighted by molar-refractivity contribution is 5.89. The van der Waals surface area contributed by atoms with E-state index in [2.05, 4.69) is 5.32 Å². The smallest absolute Gasteiger partial charge is 0.314 e. The maximum absolute atomic E-state index is 11.8. The number of carbonyl (C=O) groups excluding carboxylic acids is 1. The molecule has 0 aliphatic heterocycles. The lowest BCUT2D eigenvalue weighted by molar-refractivity contribution is -0.145. The summed E-state index contributed by atoms with van der Waals surface area (Å²) < 4.78 is 0. The van der Waals surface area contributed by atoms with E-state index in [1.165, 1.54) is 6.92 Å². The molecular formula is C14H19NO4. The van der Waals surface area contributed by atoms with E-state index in [-0.39, 0.29) is 19.1 Å². The number of amides is 1. The van der Waals surface area contributed by atoms with Gasteiger partial charge in [-0.2, -0.15) is 0 Å². The highest BCUT2D eigenvalue weighted by atomic mass is 16.4. The number of hydrogen-bond acceptors (Lipinski definition) is 3. The molecule has 0 aliphatic rings. The molecule has 19 heavy (non-hydrogen) atoms. The van der Waals surface area contributed by atoms with Gasteiger partial charge in [-0.15, -0.1) is 0 Å². The molecule has 1 aromatic carbocycles. The first-order chi connectivity index (χ1) is 8.90. The van der Waals surface area contributed by atoms with Gasteiger partial charge >= 0.3 is 5.97 Å². The largest absolute Gasteiger partial charge is 0.481 e. The predicted molar refractivity (Wildman–Crippen MR) is 70.7 cm³/mol. The second-order valence-electron chi connectivity index (χ2n) is 4.83. The van der Waals surface area contributed by atoms with Crippen molar-refractivity contribution < 1.29 is 19.8 Å². The minimum absolute atomic E-state index is 0.170. The van der Waals surface area contributed by atoms with Crippen molar-refractivity contribution >= 4 is 11.9 Å². The summed E-state index contributed by atoms with van der Waals surface area (Å²) in [7, 11) is 0. The van der Waals surface area contributed by atoms with Gasteiger partial charge < -0.3 is 15.5 Å². The third-order valence-corrected chi connectivity index (χ3v) is 3.08. The number of aliphatic carboxylic acids is 1. The first-order valence-corrected chi connectivity index (χ1v) is 6.09. The van der Waals surface area contributed by atoms with Crippen molar-refractivity contribution in [3.05, 3.63) is 35.9 Å². The lowest BCUT2D eigenvalue weighted by atomic mass is 9.79. The molecule has 0 aliphatic carbocycles. The van der Waals surface area contributed by atoms with Gasteiger partial charge in [0.25, 0.3) is 0 Å². The standard InChI is InChI=1S/C14H19NO4/c1-10(9-16)15-12(17)8-14(2,13(18)19)11-6-4-3-5-7-11/h3-7,10,16H,8-9H2,1-2H3,(H,15,17)(H,18,19)/t10-,14?/m1/s1. The Morgan fingerprint density at radius 3 is 2.37 bits per heavy atom. The number of nitrogens with one attached hydrogen (secondary N) is 1. The van der Waals surface area contributed by atoms with Crippen molar-refractivity contribution in [1.29, 1.82) is 0 Å². The number of rotatable bonds is 6. The van der Waals surface area contributed by atoms with Crippen molar-refractivity contribution in [1.82, 2.24) is 5.32 Å². The normalized spacial score (nSPS) is 15.3. The summed E-state index contributed by atoms with van der Waals surface area (Å²) in [5.74, 6) is -1.44. The Morgan fingerprint density at radius 2 is 1.89 bits per heavy atom. The van der Waals surface area contributed by atoms with Crippen molar-refractivity contribution in [3.8, 4) is 0 Å². The van der Waals surface area contributed by atoms with E-state index in [1.54, 1.807) is 37.3 Å². The fourth-order valence-corrected chi connectivity index (χ4v) is 1.80. The van der Waals surface area contributed by atoms with Crippen LogP contribution in [-0.2, 0) is 15.0 Å². The Kier molecular flexibility index (Phi) is 5.06. The Morgan fingerprint density at radius 1 is 1.32 bits per heavy atom. The van der Waals surface area contributed by atoms with Crippen LogP contribution in [0.15, 0.2) is 30.3 Å². The summed E-state index contributed by atoms with van der Waals surface area (Å²) in [6.07, 6.45) is -0.170. The van der Waals surface area contributed by atoms with E-state index in [0.717, 1.165) is 0 Å². The van der Waals surface area contributed by atoms with Gasteiger partial charge in [0.15, 0.2) is 0 Å². The first kappa shape index (κ1) is 15.2. The summed E-state index contributed by atoms with van der Waals surface area (Å²) in [4.78, 5) is 23.3. The summed E-state index contributed by atoms with van der Waals surface area (Å²) in [5, 5.41) is 20.8. The molecule has 0 heterocycles. The fourth-order valence-electron chi connectivity index (χ4n) is 1.80. The molecule has 0 bridgehead atoms. The van der Waals surface area contributed by atoms with Gasteiger partial charge in [0.2, 0.25) is 5.91 Å². The minimum Gasteiger partial charge on any atom is -0.481 e. The molecular weight excluding hydrogens is 246 g/mol. The predicted octanol–water partition coefficient (Wildman–Crippen LogP) is 0.916. The average Bonchev–Trinajstić information content (AvgIpc) is 2.39. The van der Waals surface area contributed by atoms with E-state index >= 15 is 0 Å². The number of carbonyl (C=O) groups is 2. The van der Waals surface area contributed by atoms with Crippen LogP contribution in [-0.4, -0.2) is 34.7 Å². The Bertz CT molecular complexity index is 446. The third kappa shape index (κ3) is 3.79. The van der Waals surface area contributed by atoms with E-state index in [4.69, 9.17) is 5.11 Å². The van der Waals surface area contributed by atoms with Gasteiger partial charge in [0.05, 0.1) is 12.0 Å². The van der Waals surface area contributed by atoms with Gasteiger partial charge in [-0.1, -0.05) is 30.3 Å². The van der Waals surface area contributed by atoms with Gasteiger partial charge in [0.1, 0.15) is 0 Å². The van der Waals surface area contributed by atoms with Crippen LogP contribution in [0.5, 0.6) is 0 Å². The molecule has 0 aromatic heterocycles. The topological polar surface area (TPSA) is 86.6 Å². The van der Waals surface area contributed by atoms with Gasteiger partial charge in [-0.25, -0.2) is 0 Å². The molecule has 1 rings (SSSR count). The lowest BCUT2D eigenvalue weighted by Gasteiger charge is -2.25. The maximum Gasteiger partial charge on any atom is 0.314 e. The van der Waals surface area contributed by atoms with Crippen LogP contribution in [0.4, 0.5) is 0 Å². The molecule has 0 spiro atoms. The van der Waals surface area contributed by atoms with E-state index < -0.39 is 17.3 Å². The van der Waals surface area contributed by atoms with Crippen LogP contribution in [0, 0.1) is 0 Å². The number of carboxylic acids is 1. The van der Waals surface area contributed by atoms with E-state index in [9.17, 15) is 14.7 Å². The van der Waals surface area contributed by atoms with Crippen LogP contribution in [0.2, 0.25) is 0 Å². The summed E-state index contributed by atoms with van der Waals surface area (Å²) >= 11 is 0. The third-order valence-electron chi connectivity index (χ3n) is 3.08. The molecule has 1 aromatic rings. The van der Waals surface area contributed by atoms with Crippen LogP contribution in [0.3, 0.4) is 0 Å². The first-order valence-electron chi connectivity index (χ1n) is 6.09. The average molecular weight is 265 g/mol. The van der Waals surface area contributed by atoms with Crippen molar-refractivity contribution in [2.75, 3.05) is 6.61 Å². The molecule has 2 atom stereocenters. The molecule has 5 heteroatoms. The molecule has 3 N–H and O–H groups in total. The van der Waals surface area contributed by atoms with Crippen LogP contribution < -0.4 is 5.32 Å².